The zero-order valence-corrected chi connectivity index (χ0v) is 11.7. The molecule has 0 spiro atoms. The van der Waals surface area contributed by atoms with E-state index in [0.29, 0.717) is 0 Å². The molecule has 0 rings (SSSR count). The zero-order valence-electron chi connectivity index (χ0n) is 11.7. The molecule has 0 aromatic rings. The van der Waals surface area contributed by atoms with Crippen LogP contribution in [0.5, 0.6) is 0 Å². The largest absolute Gasteiger partial charge is 0.454 e. The third-order valence-electron chi connectivity index (χ3n) is 3.30. The minimum Gasteiger partial charge on any atom is -0.454 e. The highest BCUT2D eigenvalue weighted by Crippen LogP contribution is 2.13. The molecule has 0 aliphatic carbocycles. The van der Waals surface area contributed by atoms with Gasteiger partial charge < -0.3 is 4.74 Å². The van der Waals surface area contributed by atoms with Gasteiger partial charge in [0, 0.05) is 0 Å². The van der Waals surface area contributed by atoms with Crippen molar-refractivity contribution in [2.24, 2.45) is 0 Å². The molecular weight excluding hydrogens is 212 g/mol. The second kappa shape index (κ2) is 13.5. The van der Waals surface area contributed by atoms with Crippen LogP contribution in [-0.2, 0) is 9.53 Å². The van der Waals surface area contributed by atoms with Gasteiger partial charge in [0.05, 0.1) is 0 Å². The first-order chi connectivity index (χ1) is 8.35. The minimum absolute atomic E-state index is 0.0945. The Hall–Kier alpha value is -0.530. The van der Waals surface area contributed by atoms with Gasteiger partial charge in [-0.3, -0.25) is 0 Å². The van der Waals surface area contributed by atoms with Gasteiger partial charge in [-0.1, -0.05) is 65.2 Å². The molecule has 0 aromatic carbocycles. The predicted molar refractivity (Wildman–Crippen MR) is 72.7 cm³/mol. The first kappa shape index (κ1) is 16.5. The summed E-state index contributed by atoms with van der Waals surface area (Å²) in [6.45, 7) is 5.85. The Morgan fingerprint density at radius 1 is 0.882 bits per heavy atom. The molecular formula is C15H29O2. The number of carbonyl (C=O) groups excluding carboxylic acids is 1. The molecule has 0 saturated heterocycles. The second-order valence-electron chi connectivity index (χ2n) is 4.85. The van der Waals surface area contributed by atoms with Crippen molar-refractivity contribution in [2.45, 2.75) is 90.6 Å². The van der Waals surface area contributed by atoms with E-state index in [2.05, 4.69) is 13.8 Å². The molecule has 1 radical (unpaired) electrons. The lowest BCUT2D eigenvalue weighted by atomic mass is 10.0. The van der Waals surface area contributed by atoms with Gasteiger partial charge in [-0.05, 0) is 19.3 Å². The van der Waals surface area contributed by atoms with Gasteiger partial charge in [0.1, 0.15) is 6.10 Å². The maximum absolute atomic E-state index is 10.1. The van der Waals surface area contributed by atoms with Crippen molar-refractivity contribution in [1.82, 2.24) is 0 Å². The average Bonchev–Trinajstić information content (AvgIpc) is 2.35. The summed E-state index contributed by atoms with van der Waals surface area (Å²) in [5.74, 6) is 0. The lowest BCUT2D eigenvalue weighted by Crippen LogP contribution is -2.10. The fraction of sp³-hybridized carbons (Fsp3) is 0.933. The summed E-state index contributed by atoms with van der Waals surface area (Å²) < 4.78 is 4.86. The van der Waals surface area contributed by atoms with Gasteiger partial charge in [-0.2, -0.15) is 0 Å². The van der Waals surface area contributed by atoms with E-state index in [-0.39, 0.29) is 6.10 Å². The van der Waals surface area contributed by atoms with Crippen LogP contribution in [0.15, 0.2) is 0 Å². The van der Waals surface area contributed by atoms with E-state index >= 15 is 0 Å². The quantitative estimate of drug-likeness (QED) is 0.434. The topological polar surface area (TPSA) is 26.3 Å². The number of unbranched alkanes of at least 4 members (excludes halogenated alkanes) is 8. The van der Waals surface area contributed by atoms with Crippen LogP contribution in [0.25, 0.3) is 0 Å². The lowest BCUT2D eigenvalue weighted by Gasteiger charge is -2.11. The van der Waals surface area contributed by atoms with Crippen LogP contribution in [-0.4, -0.2) is 12.6 Å². The summed E-state index contributed by atoms with van der Waals surface area (Å²) in [6.07, 6.45) is 14.0. The van der Waals surface area contributed by atoms with Crippen LogP contribution < -0.4 is 0 Å². The highest BCUT2D eigenvalue weighted by Gasteiger charge is 2.05. The van der Waals surface area contributed by atoms with E-state index < -0.39 is 0 Å². The van der Waals surface area contributed by atoms with E-state index in [4.69, 9.17) is 4.74 Å². The Balaban J connectivity index is 3.14. The van der Waals surface area contributed by atoms with Gasteiger partial charge >= 0.3 is 6.47 Å². The lowest BCUT2D eigenvalue weighted by molar-refractivity contribution is 0.159. The van der Waals surface area contributed by atoms with Crippen molar-refractivity contribution in [3.05, 3.63) is 0 Å². The Labute approximate surface area is 107 Å². The number of ether oxygens (including phenoxy) is 1. The van der Waals surface area contributed by atoms with E-state index in [1.54, 1.807) is 6.47 Å². The molecule has 17 heavy (non-hydrogen) atoms. The number of rotatable bonds is 13. The monoisotopic (exact) mass is 241 g/mol. The summed E-state index contributed by atoms with van der Waals surface area (Å²) in [5, 5.41) is 0. The molecule has 0 N–H and O–H groups in total. The highest BCUT2D eigenvalue weighted by atomic mass is 16.5. The first-order valence-electron chi connectivity index (χ1n) is 7.37. The molecule has 2 heteroatoms. The standard InChI is InChI=1S/C15H29O2/c1-3-5-6-7-8-9-10-11-12-13-15(4-2)17-14-16/h15H,3-13H2,1-2H3. The Bertz CT molecular complexity index is 157. The third kappa shape index (κ3) is 11.7. The van der Waals surface area contributed by atoms with Gasteiger partial charge in [-0.25, -0.2) is 4.79 Å². The molecule has 0 saturated carbocycles. The summed E-state index contributed by atoms with van der Waals surface area (Å²) in [5.41, 5.74) is 0. The van der Waals surface area contributed by atoms with Crippen molar-refractivity contribution in [1.29, 1.82) is 0 Å². The Kier molecular flexibility index (Phi) is 13.1. The van der Waals surface area contributed by atoms with Crippen LogP contribution in [0.1, 0.15) is 84.5 Å². The maximum Gasteiger partial charge on any atom is 0.417 e. The van der Waals surface area contributed by atoms with Crippen LogP contribution in [0, 0.1) is 0 Å². The molecule has 1 atom stereocenters. The summed E-state index contributed by atoms with van der Waals surface area (Å²) in [4.78, 5) is 10.1. The van der Waals surface area contributed by atoms with Gasteiger partial charge in [0.15, 0.2) is 0 Å². The normalized spacial score (nSPS) is 12.4. The maximum atomic E-state index is 10.1. The average molecular weight is 241 g/mol. The summed E-state index contributed by atoms with van der Waals surface area (Å²) >= 11 is 0. The fourth-order valence-corrected chi connectivity index (χ4v) is 2.10. The van der Waals surface area contributed by atoms with Crippen molar-refractivity contribution in [3.8, 4) is 0 Å². The third-order valence-corrected chi connectivity index (χ3v) is 3.30. The zero-order chi connectivity index (χ0) is 12.8. The van der Waals surface area contributed by atoms with Crippen LogP contribution >= 0.6 is 0 Å². The molecule has 0 heterocycles. The molecule has 0 bridgehead atoms. The van der Waals surface area contributed by atoms with Crippen molar-refractivity contribution >= 4 is 6.47 Å². The molecule has 0 aliphatic rings. The minimum atomic E-state index is 0.0945. The van der Waals surface area contributed by atoms with Crippen LogP contribution in [0.4, 0.5) is 0 Å². The van der Waals surface area contributed by atoms with Crippen molar-refractivity contribution in [3.63, 3.8) is 0 Å². The molecule has 0 aliphatic heterocycles. The van der Waals surface area contributed by atoms with Gasteiger partial charge in [0.2, 0.25) is 0 Å². The highest BCUT2D eigenvalue weighted by molar-refractivity contribution is 5.38. The Morgan fingerprint density at radius 2 is 1.41 bits per heavy atom. The summed E-state index contributed by atoms with van der Waals surface area (Å²) in [7, 11) is 0. The smallest absolute Gasteiger partial charge is 0.417 e. The first-order valence-corrected chi connectivity index (χ1v) is 7.37. The van der Waals surface area contributed by atoms with Crippen LogP contribution in [0.2, 0.25) is 0 Å². The number of hydrogen-bond acceptors (Lipinski definition) is 2. The molecule has 0 fully saturated rings. The van der Waals surface area contributed by atoms with Gasteiger partial charge in [0.25, 0.3) is 0 Å². The van der Waals surface area contributed by atoms with E-state index in [9.17, 15) is 4.79 Å². The molecule has 1 unspecified atom stereocenters. The molecule has 2 nitrogen and oxygen atoms in total. The molecule has 0 amide bonds. The fourth-order valence-electron chi connectivity index (χ4n) is 2.10. The summed E-state index contributed by atoms with van der Waals surface area (Å²) in [6, 6.07) is 0. The second-order valence-corrected chi connectivity index (χ2v) is 4.85. The van der Waals surface area contributed by atoms with Gasteiger partial charge in [-0.15, -0.1) is 0 Å². The van der Waals surface area contributed by atoms with Crippen LogP contribution in [0.3, 0.4) is 0 Å². The number of hydrogen-bond donors (Lipinski definition) is 0. The van der Waals surface area contributed by atoms with E-state index in [0.717, 1.165) is 12.8 Å². The SMILES string of the molecule is CCCCCCCCCCCC(CC)O[C]=O. The van der Waals surface area contributed by atoms with Crippen molar-refractivity contribution < 1.29 is 9.53 Å². The van der Waals surface area contributed by atoms with Crippen molar-refractivity contribution in [2.75, 3.05) is 0 Å². The Morgan fingerprint density at radius 3 is 1.88 bits per heavy atom. The molecule has 0 aromatic heterocycles. The molecule has 101 valence electrons. The predicted octanol–water partition coefficient (Wildman–Crippen LogP) is 4.77. The van der Waals surface area contributed by atoms with E-state index in [1.165, 1.54) is 57.8 Å². The van der Waals surface area contributed by atoms with E-state index in [1.807, 2.05) is 0 Å².